The fraction of sp³-hybridized carbons (Fsp3) is 0.500. The summed E-state index contributed by atoms with van der Waals surface area (Å²) < 4.78 is 1.94. The fourth-order valence-corrected chi connectivity index (χ4v) is 3.82. The molecule has 1 saturated heterocycles. The predicted octanol–water partition coefficient (Wildman–Crippen LogP) is 1.71. The number of aliphatic carboxylic acids is 1. The first-order valence-corrected chi connectivity index (χ1v) is 7.86. The summed E-state index contributed by atoms with van der Waals surface area (Å²) in [7, 11) is 0. The highest BCUT2D eigenvalue weighted by atomic mass is 32.1. The van der Waals surface area contributed by atoms with E-state index in [4.69, 9.17) is 5.11 Å². The zero-order valence-corrected chi connectivity index (χ0v) is 12.6. The van der Waals surface area contributed by atoms with Gasteiger partial charge in [0.25, 0.3) is 0 Å². The number of aromatic nitrogens is 2. The number of carboxylic acid groups (broad SMARTS) is 1. The molecule has 21 heavy (non-hydrogen) atoms. The molecule has 2 aromatic rings. The van der Waals surface area contributed by atoms with E-state index in [0.29, 0.717) is 13.0 Å². The number of nitrogens with zero attached hydrogens (tertiary/aromatic N) is 3. The van der Waals surface area contributed by atoms with Crippen LogP contribution in [-0.2, 0) is 16.0 Å². The van der Waals surface area contributed by atoms with Crippen LogP contribution in [0.15, 0.2) is 11.6 Å². The molecule has 0 aliphatic carbocycles. The lowest BCUT2D eigenvalue weighted by atomic mass is 10.1. The average Bonchev–Trinajstić information content (AvgIpc) is 3.06. The van der Waals surface area contributed by atoms with Gasteiger partial charge >= 0.3 is 5.97 Å². The lowest BCUT2D eigenvalue weighted by Crippen LogP contribution is -2.37. The number of amides is 1. The molecule has 1 fully saturated rings. The maximum Gasteiger partial charge on any atom is 0.305 e. The van der Waals surface area contributed by atoms with Crippen LogP contribution >= 0.6 is 11.3 Å². The molecule has 112 valence electrons. The first kappa shape index (κ1) is 14.1. The van der Waals surface area contributed by atoms with E-state index >= 15 is 0 Å². The van der Waals surface area contributed by atoms with Crippen molar-refractivity contribution in [3.05, 3.63) is 23.0 Å². The highest BCUT2D eigenvalue weighted by Crippen LogP contribution is 2.23. The number of rotatable bonds is 4. The minimum absolute atomic E-state index is 0.00445. The molecular formula is C14H17N3O3S. The molecule has 7 heteroatoms. The SMILES string of the molecule is Cc1cn2c(CC(=O)N3CCCC3CC(=O)O)csc2n1. The number of thiazole rings is 1. The average molecular weight is 307 g/mol. The minimum atomic E-state index is -0.845. The standard InChI is InChI=1S/C14H17N3O3S/c1-9-7-17-11(8-21-14(17)15-9)5-12(18)16-4-2-3-10(16)6-13(19)20/h7-8,10H,2-6H2,1H3,(H,19,20). The first-order valence-electron chi connectivity index (χ1n) is 6.98. The Balaban J connectivity index is 1.74. The lowest BCUT2D eigenvalue weighted by molar-refractivity contribution is -0.139. The Morgan fingerprint density at radius 3 is 3.10 bits per heavy atom. The van der Waals surface area contributed by atoms with Gasteiger partial charge in [0, 0.05) is 29.9 Å². The monoisotopic (exact) mass is 307 g/mol. The highest BCUT2D eigenvalue weighted by molar-refractivity contribution is 7.15. The maximum atomic E-state index is 12.5. The Bertz CT molecular complexity index is 691. The Kier molecular flexibility index (Phi) is 3.67. The fourth-order valence-electron chi connectivity index (χ4n) is 2.90. The van der Waals surface area contributed by atoms with Crippen molar-refractivity contribution in [2.45, 2.75) is 38.6 Å². The summed E-state index contributed by atoms with van der Waals surface area (Å²) in [5.74, 6) is -0.840. The van der Waals surface area contributed by atoms with E-state index in [-0.39, 0.29) is 18.4 Å². The van der Waals surface area contributed by atoms with Crippen LogP contribution in [0.4, 0.5) is 0 Å². The molecule has 2 aromatic heterocycles. The largest absolute Gasteiger partial charge is 0.481 e. The van der Waals surface area contributed by atoms with Crippen molar-refractivity contribution in [2.75, 3.05) is 6.54 Å². The van der Waals surface area contributed by atoms with Crippen molar-refractivity contribution in [1.29, 1.82) is 0 Å². The molecule has 0 saturated carbocycles. The van der Waals surface area contributed by atoms with Crippen molar-refractivity contribution in [1.82, 2.24) is 14.3 Å². The van der Waals surface area contributed by atoms with Crippen LogP contribution in [0.25, 0.3) is 4.96 Å². The van der Waals surface area contributed by atoms with Crippen molar-refractivity contribution in [2.24, 2.45) is 0 Å². The number of fused-ring (bicyclic) bond motifs is 1. The van der Waals surface area contributed by atoms with Crippen molar-refractivity contribution < 1.29 is 14.7 Å². The molecule has 0 radical (unpaired) electrons. The van der Waals surface area contributed by atoms with E-state index in [1.54, 1.807) is 4.90 Å². The van der Waals surface area contributed by atoms with Crippen LogP contribution in [0.3, 0.4) is 0 Å². The van der Waals surface area contributed by atoms with Crippen molar-refractivity contribution >= 4 is 28.2 Å². The van der Waals surface area contributed by atoms with Crippen LogP contribution < -0.4 is 0 Å². The zero-order valence-electron chi connectivity index (χ0n) is 11.8. The van der Waals surface area contributed by atoms with Crippen molar-refractivity contribution in [3.8, 4) is 0 Å². The van der Waals surface area contributed by atoms with Gasteiger partial charge in [-0.05, 0) is 19.8 Å². The van der Waals surface area contributed by atoms with Gasteiger partial charge in [-0.25, -0.2) is 4.98 Å². The molecule has 6 nitrogen and oxygen atoms in total. The summed E-state index contributed by atoms with van der Waals surface area (Å²) in [6, 6.07) is -0.159. The van der Waals surface area contributed by atoms with Gasteiger partial charge in [0.1, 0.15) is 0 Å². The van der Waals surface area contributed by atoms with Crippen LogP contribution in [0.2, 0.25) is 0 Å². The number of carboxylic acids is 1. The van der Waals surface area contributed by atoms with Gasteiger partial charge in [-0.3, -0.25) is 14.0 Å². The summed E-state index contributed by atoms with van der Waals surface area (Å²) in [5, 5.41) is 10.9. The number of carbonyl (C=O) groups excluding carboxylic acids is 1. The third-order valence-corrected chi connectivity index (χ3v) is 4.73. The second-order valence-corrected chi connectivity index (χ2v) is 6.26. The molecule has 1 aliphatic rings. The summed E-state index contributed by atoms with van der Waals surface area (Å²) in [6.07, 6.45) is 3.92. The predicted molar refractivity (Wildman–Crippen MR) is 78.5 cm³/mol. The van der Waals surface area contributed by atoms with Gasteiger partial charge in [-0.2, -0.15) is 0 Å². The summed E-state index contributed by atoms with van der Waals surface area (Å²) in [5.41, 5.74) is 1.85. The Hall–Kier alpha value is -1.89. The third-order valence-electron chi connectivity index (χ3n) is 3.84. The van der Waals surface area contributed by atoms with Gasteiger partial charge in [-0.1, -0.05) is 0 Å². The van der Waals surface area contributed by atoms with Crippen LogP contribution in [0.1, 0.15) is 30.7 Å². The quantitative estimate of drug-likeness (QED) is 0.933. The number of hydrogen-bond donors (Lipinski definition) is 1. The van der Waals surface area contributed by atoms with Gasteiger partial charge in [0.15, 0.2) is 4.96 Å². The molecule has 3 rings (SSSR count). The summed E-state index contributed by atoms with van der Waals surface area (Å²) in [4.78, 5) is 30.3. The smallest absolute Gasteiger partial charge is 0.305 e. The molecule has 1 amide bonds. The molecular weight excluding hydrogens is 290 g/mol. The van der Waals surface area contributed by atoms with E-state index in [0.717, 1.165) is 29.2 Å². The van der Waals surface area contributed by atoms with E-state index in [1.807, 2.05) is 22.9 Å². The molecule has 1 atom stereocenters. The molecule has 3 heterocycles. The third kappa shape index (κ3) is 2.78. The van der Waals surface area contributed by atoms with E-state index < -0.39 is 5.97 Å². The highest BCUT2D eigenvalue weighted by Gasteiger charge is 2.30. The Labute approximate surface area is 126 Å². The van der Waals surface area contributed by atoms with Crippen molar-refractivity contribution in [3.63, 3.8) is 0 Å². The molecule has 1 aliphatic heterocycles. The Morgan fingerprint density at radius 2 is 2.33 bits per heavy atom. The topological polar surface area (TPSA) is 74.9 Å². The van der Waals surface area contributed by atoms with E-state index in [1.165, 1.54) is 11.3 Å². The number of likely N-dealkylation sites (tertiary alicyclic amines) is 1. The molecule has 1 N–H and O–H groups in total. The van der Waals surface area contributed by atoms with E-state index in [2.05, 4.69) is 4.98 Å². The summed E-state index contributed by atoms with van der Waals surface area (Å²) in [6.45, 7) is 2.59. The van der Waals surface area contributed by atoms with Crippen LogP contribution in [0, 0.1) is 6.92 Å². The summed E-state index contributed by atoms with van der Waals surface area (Å²) >= 11 is 1.52. The first-order chi connectivity index (χ1) is 10.0. The maximum absolute atomic E-state index is 12.5. The number of carbonyl (C=O) groups is 2. The number of aryl methyl sites for hydroxylation is 1. The second-order valence-electron chi connectivity index (χ2n) is 5.42. The van der Waals surface area contributed by atoms with Gasteiger partial charge in [0.05, 0.1) is 18.5 Å². The second kappa shape index (κ2) is 5.48. The lowest BCUT2D eigenvalue weighted by Gasteiger charge is -2.23. The number of hydrogen-bond acceptors (Lipinski definition) is 4. The van der Waals surface area contributed by atoms with Gasteiger partial charge in [0.2, 0.25) is 5.91 Å². The van der Waals surface area contributed by atoms with E-state index in [9.17, 15) is 9.59 Å². The van der Waals surface area contributed by atoms with Crippen LogP contribution in [0.5, 0.6) is 0 Å². The molecule has 0 spiro atoms. The Morgan fingerprint density at radius 1 is 1.52 bits per heavy atom. The normalized spacial score (nSPS) is 18.5. The zero-order chi connectivity index (χ0) is 15.0. The number of imidazole rings is 1. The van der Waals surface area contributed by atoms with Gasteiger partial charge in [-0.15, -0.1) is 11.3 Å². The molecule has 0 aromatic carbocycles. The molecule has 0 bridgehead atoms. The molecule has 1 unspecified atom stereocenters. The minimum Gasteiger partial charge on any atom is -0.481 e. The van der Waals surface area contributed by atoms with Crippen LogP contribution in [-0.4, -0.2) is 43.9 Å². The van der Waals surface area contributed by atoms with Gasteiger partial charge < -0.3 is 10.0 Å².